The molecule has 1 aliphatic heterocycles. The van der Waals surface area contributed by atoms with Gasteiger partial charge in [0.25, 0.3) is 5.91 Å². The molecule has 108 valence electrons. The number of carbonyl (C=O) groups excluding carboxylic acids is 1. The molecule has 22 heavy (non-hydrogen) atoms. The number of aryl methyl sites for hydroxylation is 1. The summed E-state index contributed by atoms with van der Waals surface area (Å²) in [4.78, 5) is 12.8. The van der Waals surface area contributed by atoms with Gasteiger partial charge in [0.1, 0.15) is 0 Å². The molecular weight excluding hydrogens is 272 g/mol. The zero-order chi connectivity index (χ0) is 15.1. The second-order valence-electron chi connectivity index (χ2n) is 5.65. The van der Waals surface area contributed by atoms with E-state index in [1.54, 1.807) is 4.57 Å². The van der Waals surface area contributed by atoms with Crippen molar-refractivity contribution in [3.8, 4) is 0 Å². The van der Waals surface area contributed by atoms with Crippen LogP contribution in [-0.2, 0) is 0 Å². The molecule has 1 aromatic heterocycles. The molecule has 4 rings (SSSR count). The fourth-order valence-electron chi connectivity index (χ4n) is 3.07. The van der Waals surface area contributed by atoms with Gasteiger partial charge < -0.3 is 5.32 Å². The zero-order valence-electron chi connectivity index (χ0n) is 12.3. The first-order valence-electron chi connectivity index (χ1n) is 7.38. The Kier molecular flexibility index (Phi) is 2.86. The molecule has 0 fully saturated rings. The van der Waals surface area contributed by atoms with Crippen molar-refractivity contribution in [3.05, 3.63) is 89.2 Å². The SMILES string of the molecule is Cc1cccc(C2Nc3ccccc3C(=O)n3cccc32)c1. The van der Waals surface area contributed by atoms with Gasteiger partial charge in [-0.2, -0.15) is 0 Å². The lowest BCUT2D eigenvalue weighted by atomic mass is 10.0. The van der Waals surface area contributed by atoms with E-state index in [1.807, 2.05) is 42.6 Å². The van der Waals surface area contributed by atoms with E-state index in [4.69, 9.17) is 0 Å². The molecule has 1 aliphatic rings. The fourth-order valence-corrected chi connectivity index (χ4v) is 3.07. The minimum Gasteiger partial charge on any atom is -0.372 e. The molecule has 3 heteroatoms. The molecule has 0 bridgehead atoms. The van der Waals surface area contributed by atoms with E-state index in [9.17, 15) is 4.79 Å². The van der Waals surface area contributed by atoms with Crippen LogP contribution < -0.4 is 5.32 Å². The van der Waals surface area contributed by atoms with Crippen molar-refractivity contribution in [1.82, 2.24) is 4.57 Å². The second kappa shape index (κ2) is 4.88. The lowest BCUT2D eigenvalue weighted by Crippen LogP contribution is -2.15. The Morgan fingerprint density at radius 2 is 1.86 bits per heavy atom. The molecule has 0 spiro atoms. The summed E-state index contributed by atoms with van der Waals surface area (Å²) in [6, 6.07) is 20.0. The highest BCUT2D eigenvalue weighted by Gasteiger charge is 2.27. The first-order valence-corrected chi connectivity index (χ1v) is 7.38. The Balaban J connectivity index is 1.93. The lowest BCUT2D eigenvalue weighted by Gasteiger charge is -2.19. The van der Waals surface area contributed by atoms with Crippen LogP contribution in [0.3, 0.4) is 0 Å². The number of hydrogen-bond donors (Lipinski definition) is 1. The molecule has 0 radical (unpaired) electrons. The number of benzene rings is 2. The Labute approximate surface area is 129 Å². The van der Waals surface area contributed by atoms with Crippen LogP contribution in [0.25, 0.3) is 0 Å². The van der Waals surface area contributed by atoms with Gasteiger partial charge in [-0.1, -0.05) is 42.0 Å². The highest BCUT2D eigenvalue weighted by molar-refractivity contribution is 6.02. The first-order chi connectivity index (χ1) is 10.7. The molecule has 3 aromatic rings. The number of fused-ring (bicyclic) bond motifs is 2. The third-order valence-corrected chi connectivity index (χ3v) is 4.13. The summed E-state index contributed by atoms with van der Waals surface area (Å²) < 4.78 is 1.74. The number of aromatic nitrogens is 1. The van der Waals surface area contributed by atoms with Crippen molar-refractivity contribution >= 4 is 11.6 Å². The molecule has 1 N–H and O–H groups in total. The van der Waals surface area contributed by atoms with Crippen LogP contribution in [0, 0.1) is 6.92 Å². The predicted octanol–water partition coefficient (Wildman–Crippen LogP) is 4.00. The van der Waals surface area contributed by atoms with Gasteiger partial charge in [-0.25, -0.2) is 0 Å². The molecule has 3 nitrogen and oxygen atoms in total. The molecule has 2 aromatic carbocycles. The summed E-state index contributed by atoms with van der Waals surface area (Å²) in [6.07, 6.45) is 1.84. The Morgan fingerprint density at radius 1 is 1.00 bits per heavy atom. The number of para-hydroxylation sites is 1. The number of anilines is 1. The van der Waals surface area contributed by atoms with Crippen LogP contribution in [0.15, 0.2) is 66.9 Å². The quantitative estimate of drug-likeness (QED) is 0.734. The van der Waals surface area contributed by atoms with E-state index in [1.165, 1.54) is 5.56 Å². The summed E-state index contributed by atoms with van der Waals surface area (Å²) in [7, 11) is 0. The van der Waals surface area contributed by atoms with Crippen LogP contribution >= 0.6 is 0 Å². The van der Waals surface area contributed by atoms with Crippen molar-refractivity contribution < 1.29 is 4.79 Å². The zero-order valence-corrected chi connectivity index (χ0v) is 12.3. The monoisotopic (exact) mass is 288 g/mol. The standard InChI is InChI=1S/C19H16N2O/c1-13-6-4-7-14(12-13)18-17-10-5-11-21(17)19(22)15-8-2-3-9-16(15)20-18/h2-12,18,20H,1H3. The Hall–Kier alpha value is -2.81. The van der Waals surface area contributed by atoms with Crippen molar-refractivity contribution in [2.75, 3.05) is 5.32 Å². The highest BCUT2D eigenvalue weighted by atomic mass is 16.2. The van der Waals surface area contributed by atoms with Crippen molar-refractivity contribution in [1.29, 1.82) is 0 Å². The first kappa shape index (κ1) is 12.9. The maximum absolute atomic E-state index is 12.8. The minimum atomic E-state index is -0.0394. The Morgan fingerprint density at radius 3 is 2.73 bits per heavy atom. The van der Waals surface area contributed by atoms with Gasteiger partial charge >= 0.3 is 0 Å². The number of carbonyl (C=O) groups is 1. The summed E-state index contributed by atoms with van der Waals surface area (Å²) in [5.74, 6) is 0.0123. The van der Waals surface area contributed by atoms with E-state index in [0.29, 0.717) is 5.56 Å². The van der Waals surface area contributed by atoms with Crippen LogP contribution in [0.5, 0.6) is 0 Å². The topological polar surface area (TPSA) is 34.0 Å². The van der Waals surface area contributed by atoms with Gasteiger partial charge in [-0.05, 0) is 36.8 Å². The number of nitrogens with zero attached hydrogens (tertiary/aromatic N) is 1. The largest absolute Gasteiger partial charge is 0.372 e. The molecule has 0 aliphatic carbocycles. The van der Waals surface area contributed by atoms with Gasteiger partial charge in [-0.3, -0.25) is 9.36 Å². The predicted molar refractivity (Wildman–Crippen MR) is 87.2 cm³/mol. The average Bonchev–Trinajstić information content (AvgIpc) is 2.97. The van der Waals surface area contributed by atoms with E-state index >= 15 is 0 Å². The molecular formula is C19H16N2O. The summed E-state index contributed by atoms with van der Waals surface area (Å²) >= 11 is 0. The Bertz CT molecular complexity index is 863. The van der Waals surface area contributed by atoms with E-state index in [-0.39, 0.29) is 11.9 Å². The van der Waals surface area contributed by atoms with Crippen LogP contribution in [-0.4, -0.2) is 10.5 Å². The molecule has 2 heterocycles. The third-order valence-electron chi connectivity index (χ3n) is 4.13. The van der Waals surface area contributed by atoms with Crippen molar-refractivity contribution in [2.24, 2.45) is 0 Å². The minimum absolute atomic E-state index is 0.0123. The fraction of sp³-hybridized carbons (Fsp3) is 0.105. The van der Waals surface area contributed by atoms with Gasteiger partial charge in [0, 0.05) is 11.9 Å². The normalized spacial score (nSPS) is 16.4. The maximum atomic E-state index is 12.8. The number of nitrogens with one attached hydrogen (secondary N) is 1. The third kappa shape index (κ3) is 1.94. The van der Waals surface area contributed by atoms with Gasteiger partial charge in [0.2, 0.25) is 0 Å². The molecule has 0 saturated carbocycles. The van der Waals surface area contributed by atoms with Crippen LogP contribution in [0.4, 0.5) is 5.69 Å². The molecule has 0 saturated heterocycles. The van der Waals surface area contributed by atoms with E-state index < -0.39 is 0 Å². The van der Waals surface area contributed by atoms with Crippen molar-refractivity contribution in [3.63, 3.8) is 0 Å². The average molecular weight is 288 g/mol. The summed E-state index contributed by atoms with van der Waals surface area (Å²) in [5, 5.41) is 3.53. The number of hydrogen-bond acceptors (Lipinski definition) is 2. The van der Waals surface area contributed by atoms with Gasteiger partial charge in [0.05, 0.1) is 17.3 Å². The smallest absolute Gasteiger partial charge is 0.264 e. The second-order valence-corrected chi connectivity index (χ2v) is 5.65. The summed E-state index contributed by atoms with van der Waals surface area (Å²) in [6.45, 7) is 2.08. The van der Waals surface area contributed by atoms with Crippen LogP contribution in [0.1, 0.15) is 33.2 Å². The van der Waals surface area contributed by atoms with Gasteiger partial charge in [-0.15, -0.1) is 0 Å². The highest BCUT2D eigenvalue weighted by Crippen LogP contribution is 2.33. The maximum Gasteiger partial charge on any atom is 0.264 e. The lowest BCUT2D eigenvalue weighted by molar-refractivity contribution is 0.0959. The van der Waals surface area contributed by atoms with E-state index in [0.717, 1.165) is 16.9 Å². The van der Waals surface area contributed by atoms with Crippen molar-refractivity contribution in [2.45, 2.75) is 13.0 Å². The summed E-state index contributed by atoms with van der Waals surface area (Å²) in [5.41, 5.74) is 4.91. The molecule has 0 amide bonds. The number of rotatable bonds is 1. The van der Waals surface area contributed by atoms with Crippen LogP contribution in [0.2, 0.25) is 0 Å². The molecule has 1 unspecified atom stereocenters. The van der Waals surface area contributed by atoms with Gasteiger partial charge in [0.15, 0.2) is 0 Å². The van der Waals surface area contributed by atoms with E-state index in [2.05, 4.69) is 36.5 Å². The molecule has 1 atom stereocenters.